The molecule has 0 atom stereocenters. The lowest BCUT2D eigenvalue weighted by Gasteiger charge is -2.24. The fourth-order valence-corrected chi connectivity index (χ4v) is 3.45. The van der Waals surface area contributed by atoms with Gasteiger partial charge in [-0.15, -0.1) is 10.5 Å². The summed E-state index contributed by atoms with van der Waals surface area (Å²) in [4.78, 5) is 0. The van der Waals surface area contributed by atoms with Gasteiger partial charge in [0.05, 0.1) is 5.56 Å². The maximum absolute atomic E-state index is 13.0. The Kier molecular flexibility index (Phi) is 3.55. The number of halogens is 4. The molecule has 25 heavy (non-hydrogen) atoms. The standard InChI is InChI=1S/C17H11BrF3N3O/c18-13-9-15-16(25)23(11-5-3-4-10(8-11)17(19,20)21)22-24(15)14-7-2-1-6-12(13)14/h1-9,22,25H/p+1. The minimum atomic E-state index is -4.44. The molecule has 0 unspecified atom stereocenters. The lowest BCUT2D eigenvalue weighted by atomic mass is 10.1. The zero-order chi connectivity index (χ0) is 17.8. The van der Waals surface area contributed by atoms with Gasteiger partial charge in [0.1, 0.15) is 11.4 Å². The molecule has 8 heteroatoms. The van der Waals surface area contributed by atoms with E-state index in [0.717, 1.165) is 27.9 Å². The minimum Gasteiger partial charge on any atom is -0.490 e. The van der Waals surface area contributed by atoms with Crippen LogP contribution < -0.4 is 15.6 Å². The number of aliphatic hydroxyl groups is 1. The predicted molar refractivity (Wildman–Crippen MR) is 91.3 cm³/mol. The van der Waals surface area contributed by atoms with Crippen LogP contribution in [0.1, 0.15) is 11.1 Å². The van der Waals surface area contributed by atoms with Crippen LogP contribution in [0.15, 0.2) is 66.2 Å². The molecule has 2 heterocycles. The largest absolute Gasteiger partial charge is 0.490 e. The minimum absolute atomic E-state index is 0.134. The summed E-state index contributed by atoms with van der Waals surface area (Å²) >= 11 is 3.47. The Hall–Kier alpha value is -2.45. The molecule has 128 valence electrons. The molecule has 0 aliphatic carbocycles. The summed E-state index contributed by atoms with van der Waals surface area (Å²) in [5, 5.41) is 13.6. The van der Waals surface area contributed by atoms with Gasteiger partial charge in [-0.25, -0.2) is 0 Å². The Morgan fingerprint density at radius 1 is 1.00 bits per heavy atom. The molecule has 0 aromatic heterocycles. The molecule has 0 bridgehead atoms. The van der Waals surface area contributed by atoms with Crippen LogP contribution in [0.25, 0.3) is 4.48 Å². The van der Waals surface area contributed by atoms with E-state index < -0.39 is 11.7 Å². The van der Waals surface area contributed by atoms with Gasteiger partial charge in [-0.05, 0) is 30.3 Å². The van der Waals surface area contributed by atoms with Crippen molar-refractivity contribution in [2.24, 2.45) is 0 Å². The monoisotopic (exact) mass is 410 g/mol. The van der Waals surface area contributed by atoms with Gasteiger partial charge in [-0.3, -0.25) is 0 Å². The fraction of sp³-hybridized carbons (Fsp3) is 0.0588. The van der Waals surface area contributed by atoms with Crippen LogP contribution in [0.4, 0.5) is 24.5 Å². The molecule has 2 aromatic carbocycles. The van der Waals surface area contributed by atoms with Crippen LogP contribution in [-0.2, 0) is 6.18 Å². The van der Waals surface area contributed by atoms with Gasteiger partial charge in [0.2, 0.25) is 0 Å². The summed E-state index contributed by atoms with van der Waals surface area (Å²) in [6, 6.07) is 12.4. The second-order valence-electron chi connectivity index (χ2n) is 5.62. The zero-order valence-corrected chi connectivity index (χ0v) is 14.2. The number of anilines is 2. The topological polar surface area (TPSA) is 43.3 Å². The van der Waals surface area contributed by atoms with E-state index in [1.54, 1.807) is 16.6 Å². The lowest BCUT2D eigenvalue weighted by Crippen LogP contribution is -2.99. The number of hydrogen-bond donors (Lipinski definition) is 2. The molecule has 4 nitrogen and oxygen atoms in total. The third kappa shape index (κ3) is 2.58. The van der Waals surface area contributed by atoms with E-state index in [9.17, 15) is 18.3 Å². The van der Waals surface area contributed by atoms with Crippen molar-refractivity contribution in [1.29, 1.82) is 0 Å². The molecule has 0 radical (unpaired) electrons. The number of aliphatic hydroxyl groups excluding tert-OH is 1. The van der Waals surface area contributed by atoms with Gasteiger partial charge in [0.25, 0.3) is 5.88 Å². The van der Waals surface area contributed by atoms with Gasteiger partial charge in [-0.2, -0.15) is 18.2 Å². The molecule has 0 fully saturated rings. The number of quaternary nitrogens is 1. The van der Waals surface area contributed by atoms with Gasteiger partial charge >= 0.3 is 6.18 Å². The van der Waals surface area contributed by atoms with Crippen LogP contribution in [0.2, 0.25) is 0 Å². The van der Waals surface area contributed by atoms with Crippen molar-refractivity contribution in [3.63, 3.8) is 0 Å². The first kappa shape index (κ1) is 16.0. The molecular weight excluding hydrogens is 399 g/mol. The first-order valence-corrected chi connectivity index (χ1v) is 8.16. The highest BCUT2D eigenvalue weighted by molar-refractivity contribution is 9.15. The highest BCUT2D eigenvalue weighted by Crippen LogP contribution is 2.39. The Morgan fingerprint density at radius 3 is 2.52 bits per heavy atom. The Morgan fingerprint density at radius 2 is 1.76 bits per heavy atom. The molecule has 2 aromatic rings. The van der Waals surface area contributed by atoms with Crippen molar-refractivity contribution in [1.82, 2.24) is 0 Å². The van der Waals surface area contributed by atoms with Crippen molar-refractivity contribution in [2.75, 3.05) is 10.0 Å². The van der Waals surface area contributed by atoms with E-state index in [-0.39, 0.29) is 11.6 Å². The van der Waals surface area contributed by atoms with Crippen LogP contribution in [0, 0.1) is 0 Å². The van der Waals surface area contributed by atoms with E-state index in [2.05, 4.69) is 15.9 Å². The van der Waals surface area contributed by atoms with Crippen LogP contribution in [0.3, 0.4) is 0 Å². The first-order chi connectivity index (χ1) is 11.9. The maximum Gasteiger partial charge on any atom is 0.416 e. The van der Waals surface area contributed by atoms with Gasteiger partial charge in [-0.1, -0.05) is 40.2 Å². The number of benzene rings is 2. The van der Waals surface area contributed by atoms with Crippen molar-refractivity contribution in [3.05, 3.63) is 77.3 Å². The summed E-state index contributed by atoms with van der Waals surface area (Å²) in [6.45, 7) is 0. The van der Waals surface area contributed by atoms with Crippen molar-refractivity contribution < 1.29 is 23.8 Å². The van der Waals surface area contributed by atoms with Gasteiger partial charge in [0, 0.05) is 10.0 Å². The molecule has 0 spiro atoms. The number of hydrogen-bond acceptors (Lipinski definition) is 3. The molecule has 2 aliphatic heterocycles. The first-order valence-electron chi connectivity index (χ1n) is 7.37. The molecule has 0 saturated carbocycles. The smallest absolute Gasteiger partial charge is 0.416 e. The second-order valence-corrected chi connectivity index (χ2v) is 6.48. The third-order valence-electron chi connectivity index (χ3n) is 4.08. The molecule has 2 aliphatic rings. The van der Waals surface area contributed by atoms with Crippen LogP contribution >= 0.6 is 15.9 Å². The highest BCUT2D eigenvalue weighted by Gasteiger charge is 2.39. The molecule has 4 rings (SSSR count). The quantitative estimate of drug-likeness (QED) is 0.700. The van der Waals surface area contributed by atoms with Crippen molar-refractivity contribution in [3.8, 4) is 0 Å². The fourth-order valence-electron chi connectivity index (χ4n) is 2.89. The summed E-state index contributed by atoms with van der Waals surface area (Å²) < 4.78 is 39.7. The number of fused-ring (bicyclic) bond motifs is 3. The van der Waals surface area contributed by atoms with Crippen molar-refractivity contribution in [2.45, 2.75) is 6.18 Å². The third-order valence-corrected chi connectivity index (χ3v) is 4.74. The molecular formula is C17H12BrF3N3O+. The Bertz CT molecular complexity index is 923. The van der Waals surface area contributed by atoms with Gasteiger partial charge in [0.15, 0.2) is 5.70 Å². The number of allylic oxidation sites excluding steroid dienone is 1. The SMILES string of the molecule is OC1=C2C=C(Br)c3ccccc3N2[NH2+]N1c1cccc(C(F)(F)F)c1. The molecule has 3 N–H and O–H groups in total. The van der Waals surface area contributed by atoms with Crippen molar-refractivity contribution >= 4 is 31.8 Å². The highest BCUT2D eigenvalue weighted by atomic mass is 79.9. The van der Waals surface area contributed by atoms with E-state index in [1.165, 1.54) is 17.1 Å². The normalized spacial score (nSPS) is 16.7. The zero-order valence-electron chi connectivity index (χ0n) is 12.6. The summed E-state index contributed by atoms with van der Waals surface area (Å²) in [5.74, 6) is -0.134. The van der Waals surface area contributed by atoms with Crippen LogP contribution in [0.5, 0.6) is 0 Å². The van der Waals surface area contributed by atoms with E-state index in [0.29, 0.717) is 5.70 Å². The Labute approximate surface area is 149 Å². The lowest BCUT2D eigenvalue weighted by molar-refractivity contribution is -0.661. The summed E-state index contributed by atoms with van der Waals surface area (Å²) in [7, 11) is 0. The average Bonchev–Trinajstić information content (AvgIpc) is 2.92. The van der Waals surface area contributed by atoms with E-state index >= 15 is 0 Å². The van der Waals surface area contributed by atoms with E-state index in [1.807, 2.05) is 24.3 Å². The number of alkyl halides is 3. The molecule has 0 saturated heterocycles. The summed E-state index contributed by atoms with van der Waals surface area (Å²) in [5.41, 5.74) is 3.29. The van der Waals surface area contributed by atoms with Gasteiger partial charge < -0.3 is 5.11 Å². The predicted octanol–water partition coefficient (Wildman–Crippen LogP) is 3.90. The van der Waals surface area contributed by atoms with E-state index in [4.69, 9.17) is 0 Å². The number of nitrogens with two attached hydrogens (primary N) is 1. The second kappa shape index (κ2) is 5.53. The average molecular weight is 411 g/mol. The number of para-hydroxylation sites is 1. The number of nitrogens with zero attached hydrogens (tertiary/aromatic N) is 2. The Balaban J connectivity index is 1.78. The number of rotatable bonds is 1. The molecule has 0 amide bonds. The van der Waals surface area contributed by atoms with Crippen LogP contribution in [-0.4, -0.2) is 5.11 Å². The maximum atomic E-state index is 13.0. The summed E-state index contributed by atoms with van der Waals surface area (Å²) in [6.07, 6.45) is -2.71.